The van der Waals surface area contributed by atoms with Gasteiger partial charge in [0.1, 0.15) is 0 Å². The Morgan fingerprint density at radius 3 is 1.53 bits per heavy atom. The second-order valence-electron chi connectivity index (χ2n) is 6.93. The van der Waals surface area contributed by atoms with Crippen molar-refractivity contribution in [3.05, 3.63) is 34.6 Å². The Bertz CT molecular complexity index is 807. The molecule has 1 aliphatic carbocycles. The van der Waals surface area contributed by atoms with Gasteiger partial charge in [-0.05, 0) is 25.2 Å². The van der Waals surface area contributed by atoms with Crippen LogP contribution in [0.15, 0.2) is 0 Å². The van der Waals surface area contributed by atoms with Crippen LogP contribution in [0.4, 0.5) is 22.0 Å². The summed E-state index contributed by atoms with van der Waals surface area (Å²) in [6, 6.07) is 0. The Morgan fingerprint density at radius 1 is 0.733 bits per heavy atom. The molecule has 2 unspecified atom stereocenters. The van der Waals surface area contributed by atoms with Gasteiger partial charge >= 0.3 is 8.80 Å². The molecule has 30 heavy (non-hydrogen) atoms. The van der Waals surface area contributed by atoms with Crippen molar-refractivity contribution >= 4 is 26.7 Å². The molecule has 0 saturated heterocycles. The summed E-state index contributed by atoms with van der Waals surface area (Å²) in [4.78, 5) is 34.9. The number of hydrogen-bond acceptors (Lipinski definition) is 6. The third-order valence-corrected chi connectivity index (χ3v) is 7.92. The minimum atomic E-state index is -4.39. The number of rotatable bonds is 5. The Kier molecular flexibility index (Phi) is 7.21. The van der Waals surface area contributed by atoms with Gasteiger partial charge in [-0.2, -0.15) is 0 Å². The lowest BCUT2D eigenvalue weighted by atomic mass is 9.83. The zero-order valence-electron chi connectivity index (χ0n) is 16.3. The summed E-state index contributed by atoms with van der Waals surface area (Å²) >= 11 is 0. The lowest BCUT2D eigenvalue weighted by Crippen LogP contribution is -2.54. The molecule has 2 atom stereocenters. The molecule has 1 aliphatic rings. The molecule has 6 nitrogen and oxygen atoms in total. The van der Waals surface area contributed by atoms with Gasteiger partial charge in [-0.3, -0.25) is 14.4 Å². The third-order valence-electron chi connectivity index (χ3n) is 4.68. The fraction of sp³-hybridized carbons (Fsp3) is 0.500. The van der Waals surface area contributed by atoms with Crippen LogP contribution >= 0.6 is 0 Å². The molecule has 0 N–H and O–H groups in total. The van der Waals surface area contributed by atoms with Crippen molar-refractivity contribution in [2.24, 2.45) is 0 Å². The first-order chi connectivity index (χ1) is 13.9. The highest BCUT2D eigenvalue weighted by Gasteiger charge is 2.60. The Hall–Kier alpha value is -2.50. The van der Waals surface area contributed by atoms with Crippen LogP contribution in [0.2, 0.25) is 5.54 Å². The van der Waals surface area contributed by atoms with Crippen molar-refractivity contribution in [1.82, 2.24) is 0 Å². The molecule has 1 fully saturated rings. The van der Waals surface area contributed by atoms with E-state index >= 15 is 0 Å². The van der Waals surface area contributed by atoms with Crippen molar-refractivity contribution in [3.8, 4) is 0 Å². The Balaban J connectivity index is 2.51. The smallest absolute Gasteiger partial charge is 0.455 e. The summed E-state index contributed by atoms with van der Waals surface area (Å²) in [7, 11) is -4.39. The van der Waals surface area contributed by atoms with E-state index in [9.17, 15) is 36.3 Å². The van der Waals surface area contributed by atoms with Crippen LogP contribution < -0.4 is 0 Å². The van der Waals surface area contributed by atoms with E-state index in [2.05, 4.69) is 0 Å². The molecule has 0 aromatic heterocycles. The Morgan fingerprint density at radius 2 is 1.13 bits per heavy atom. The lowest BCUT2D eigenvalue weighted by molar-refractivity contribution is -0.148. The summed E-state index contributed by atoms with van der Waals surface area (Å²) in [5.41, 5.74) is -1.99. The molecular formula is C18H19F5O6Si. The molecule has 0 spiro atoms. The summed E-state index contributed by atoms with van der Waals surface area (Å²) in [5, 5.41) is 0. The van der Waals surface area contributed by atoms with Crippen LogP contribution in [0.25, 0.3) is 0 Å². The van der Waals surface area contributed by atoms with E-state index < -0.39 is 72.8 Å². The van der Waals surface area contributed by atoms with Gasteiger partial charge in [0.2, 0.25) is 5.82 Å². The van der Waals surface area contributed by atoms with E-state index in [0.29, 0.717) is 0 Å². The Labute approximate surface area is 169 Å². The topological polar surface area (TPSA) is 78.9 Å². The van der Waals surface area contributed by atoms with Gasteiger partial charge in [0, 0.05) is 26.3 Å². The number of hydrogen-bond donors (Lipinski definition) is 0. The van der Waals surface area contributed by atoms with Crippen LogP contribution in [0.3, 0.4) is 0 Å². The first-order valence-electron chi connectivity index (χ1n) is 8.99. The van der Waals surface area contributed by atoms with Crippen LogP contribution in [0.1, 0.15) is 57.9 Å². The summed E-state index contributed by atoms with van der Waals surface area (Å²) in [6.45, 7) is 2.96. The standard InChI is InChI=1S/C18H19F5O6Si/c1-8(24)27-30(28-9(2)25,29-10(3)26)12-6-4-5-11(7-12)13-14(19)16(21)18(23)17(22)15(13)20/h11-12H,4-7H2,1-3H3. The van der Waals surface area contributed by atoms with Gasteiger partial charge in [0.05, 0.1) is 5.54 Å². The normalized spacial score (nSPS) is 19.2. The van der Waals surface area contributed by atoms with E-state index in [-0.39, 0.29) is 25.7 Å². The number of carbonyl (C=O) groups is 3. The van der Waals surface area contributed by atoms with Crippen molar-refractivity contribution < 1.29 is 49.6 Å². The third kappa shape index (κ3) is 4.79. The largest absolute Gasteiger partial charge is 0.708 e. The number of halogens is 5. The monoisotopic (exact) mass is 454 g/mol. The molecule has 0 heterocycles. The molecule has 0 amide bonds. The van der Waals surface area contributed by atoms with Crippen LogP contribution in [-0.4, -0.2) is 26.7 Å². The highest BCUT2D eigenvalue weighted by Crippen LogP contribution is 2.47. The summed E-state index contributed by atoms with van der Waals surface area (Å²) < 4.78 is 84.6. The maximum atomic E-state index is 14.3. The van der Waals surface area contributed by atoms with Crippen LogP contribution in [0, 0.1) is 29.1 Å². The second-order valence-corrected chi connectivity index (χ2v) is 9.56. The summed E-state index contributed by atoms with van der Waals surface area (Å²) in [5.74, 6) is -14.3. The van der Waals surface area contributed by atoms with Crippen molar-refractivity contribution in [1.29, 1.82) is 0 Å². The minimum Gasteiger partial charge on any atom is -0.455 e. The van der Waals surface area contributed by atoms with E-state index in [4.69, 9.17) is 13.3 Å². The van der Waals surface area contributed by atoms with Gasteiger partial charge in [0.15, 0.2) is 23.3 Å². The number of benzene rings is 1. The van der Waals surface area contributed by atoms with Gasteiger partial charge in [-0.25, -0.2) is 22.0 Å². The van der Waals surface area contributed by atoms with Crippen molar-refractivity contribution in [3.63, 3.8) is 0 Å². The van der Waals surface area contributed by atoms with Crippen LogP contribution in [-0.2, 0) is 27.7 Å². The van der Waals surface area contributed by atoms with E-state index in [1.54, 1.807) is 0 Å². The average molecular weight is 454 g/mol. The molecule has 166 valence electrons. The first kappa shape index (κ1) is 23.8. The minimum absolute atomic E-state index is 0.0551. The van der Waals surface area contributed by atoms with Crippen molar-refractivity contribution in [2.45, 2.75) is 57.9 Å². The molecule has 0 radical (unpaired) electrons. The van der Waals surface area contributed by atoms with Crippen molar-refractivity contribution in [2.75, 3.05) is 0 Å². The fourth-order valence-corrected chi connectivity index (χ4v) is 6.62. The zero-order chi connectivity index (χ0) is 22.8. The van der Waals surface area contributed by atoms with Gasteiger partial charge in [0.25, 0.3) is 17.9 Å². The molecule has 0 bridgehead atoms. The van der Waals surface area contributed by atoms with Gasteiger partial charge in [-0.15, -0.1) is 0 Å². The van der Waals surface area contributed by atoms with E-state index in [0.717, 1.165) is 20.8 Å². The fourth-order valence-electron chi connectivity index (χ4n) is 3.67. The maximum Gasteiger partial charge on any atom is 0.708 e. The van der Waals surface area contributed by atoms with Crippen LogP contribution in [0.5, 0.6) is 0 Å². The SMILES string of the molecule is CC(=O)O[Si](OC(C)=O)(OC(C)=O)C1CCCC(c2c(F)c(F)c(F)c(F)c2F)C1. The molecule has 2 rings (SSSR count). The van der Waals surface area contributed by atoms with E-state index in [1.807, 2.05) is 0 Å². The molecule has 1 saturated carbocycles. The predicted octanol–water partition coefficient (Wildman–Crippen LogP) is 4.04. The molecule has 1 aromatic rings. The van der Waals surface area contributed by atoms with E-state index in [1.165, 1.54) is 0 Å². The quantitative estimate of drug-likeness (QED) is 0.289. The van der Waals surface area contributed by atoms with Gasteiger partial charge in [-0.1, -0.05) is 6.42 Å². The maximum absolute atomic E-state index is 14.3. The lowest BCUT2D eigenvalue weighted by Gasteiger charge is -2.37. The second kappa shape index (κ2) is 9.10. The van der Waals surface area contributed by atoms with Gasteiger partial charge < -0.3 is 13.3 Å². The predicted molar refractivity (Wildman–Crippen MR) is 92.2 cm³/mol. The molecule has 12 heteroatoms. The molecule has 0 aliphatic heterocycles. The average Bonchev–Trinajstić information content (AvgIpc) is 2.63. The zero-order valence-corrected chi connectivity index (χ0v) is 17.3. The highest BCUT2D eigenvalue weighted by molar-refractivity contribution is 6.67. The molecular weight excluding hydrogens is 435 g/mol. The first-order valence-corrected chi connectivity index (χ1v) is 10.8. The highest BCUT2D eigenvalue weighted by atomic mass is 28.4. The number of carbonyl (C=O) groups excluding carboxylic acids is 3. The summed E-state index contributed by atoms with van der Waals surface area (Å²) in [6.07, 6.45) is 0.136. The molecule has 1 aromatic carbocycles.